The summed E-state index contributed by atoms with van der Waals surface area (Å²) in [6.45, 7) is 1.94. The average molecular weight is 279 g/mol. The molecule has 0 aromatic heterocycles. The summed E-state index contributed by atoms with van der Waals surface area (Å²) < 4.78 is 0. The number of aryl methyl sites for hydroxylation is 1. The normalized spacial score (nSPS) is 15.2. The summed E-state index contributed by atoms with van der Waals surface area (Å²) in [6, 6.07) is 17.0. The smallest absolute Gasteiger partial charge is 0.261 e. The van der Waals surface area contributed by atoms with Gasteiger partial charge in [-0.3, -0.25) is 14.5 Å². The maximum absolute atomic E-state index is 12.4. The van der Waals surface area contributed by atoms with Crippen molar-refractivity contribution >= 4 is 11.8 Å². The molecule has 0 radical (unpaired) electrons. The minimum Gasteiger partial charge on any atom is -0.271 e. The van der Waals surface area contributed by atoms with E-state index < -0.39 is 0 Å². The Hall–Kier alpha value is -2.42. The number of carbonyl (C=O) groups is 2. The molecular formula is C18H17NO2. The van der Waals surface area contributed by atoms with E-state index in [1.165, 1.54) is 10.5 Å². The number of hydrogen-bond donors (Lipinski definition) is 0. The molecule has 0 aliphatic carbocycles. The zero-order valence-corrected chi connectivity index (χ0v) is 12.0. The van der Waals surface area contributed by atoms with Crippen molar-refractivity contribution in [2.75, 3.05) is 0 Å². The Morgan fingerprint density at radius 1 is 0.857 bits per heavy atom. The first-order valence-corrected chi connectivity index (χ1v) is 7.19. The lowest BCUT2D eigenvalue weighted by Gasteiger charge is -2.22. The van der Waals surface area contributed by atoms with Crippen LogP contribution in [0.2, 0.25) is 0 Å². The van der Waals surface area contributed by atoms with Crippen LogP contribution in [0.1, 0.15) is 39.6 Å². The molecule has 3 rings (SSSR count). The Morgan fingerprint density at radius 3 is 1.95 bits per heavy atom. The standard InChI is InChI=1S/C18H17NO2/c1-13(11-12-14-7-3-2-4-8-14)19-17(20)15-9-5-6-10-16(15)18(19)21/h2-10,13H,11-12H2,1H3/t13-/m1/s1. The molecule has 2 aromatic rings. The van der Waals surface area contributed by atoms with Gasteiger partial charge >= 0.3 is 0 Å². The highest BCUT2D eigenvalue weighted by molar-refractivity contribution is 6.21. The molecule has 106 valence electrons. The summed E-state index contributed by atoms with van der Waals surface area (Å²) >= 11 is 0. The van der Waals surface area contributed by atoms with E-state index in [4.69, 9.17) is 0 Å². The largest absolute Gasteiger partial charge is 0.271 e. The van der Waals surface area contributed by atoms with E-state index in [1.807, 2.05) is 25.1 Å². The third kappa shape index (κ3) is 2.47. The number of hydrogen-bond acceptors (Lipinski definition) is 2. The Morgan fingerprint density at radius 2 is 1.38 bits per heavy atom. The minimum absolute atomic E-state index is 0.0994. The van der Waals surface area contributed by atoms with Crippen molar-refractivity contribution in [3.05, 3.63) is 71.3 Å². The predicted molar refractivity (Wildman–Crippen MR) is 81.2 cm³/mol. The lowest BCUT2D eigenvalue weighted by Crippen LogP contribution is -2.38. The van der Waals surface area contributed by atoms with E-state index in [9.17, 15) is 9.59 Å². The number of amides is 2. The van der Waals surface area contributed by atoms with Crippen LogP contribution < -0.4 is 0 Å². The van der Waals surface area contributed by atoms with Gasteiger partial charge in [0.1, 0.15) is 0 Å². The van der Waals surface area contributed by atoms with Crippen molar-refractivity contribution in [2.45, 2.75) is 25.8 Å². The molecule has 3 heteroatoms. The van der Waals surface area contributed by atoms with E-state index in [-0.39, 0.29) is 17.9 Å². The van der Waals surface area contributed by atoms with Crippen LogP contribution in [0.5, 0.6) is 0 Å². The van der Waals surface area contributed by atoms with Gasteiger partial charge in [-0.25, -0.2) is 0 Å². The summed E-state index contributed by atoms with van der Waals surface area (Å²) in [4.78, 5) is 26.1. The number of carbonyl (C=O) groups excluding carboxylic acids is 2. The van der Waals surface area contributed by atoms with Crippen molar-refractivity contribution in [2.24, 2.45) is 0 Å². The number of fused-ring (bicyclic) bond motifs is 1. The molecule has 0 unspecified atom stereocenters. The molecule has 0 bridgehead atoms. The summed E-state index contributed by atoms with van der Waals surface area (Å²) in [5, 5.41) is 0. The van der Waals surface area contributed by atoms with Crippen LogP contribution in [0.3, 0.4) is 0 Å². The molecule has 1 aliphatic rings. The van der Waals surface area contributed by atoms with E-state index in [0.29, 0.717) is 11.1 Å². The van der Waals surface area contributed by atoms with Crippen molar-refractivity contribution in [1.82, 2.24) is 4.90 Å². The molecule has 1 heterocycles. The number of imide groups is 1. The topological polar surface area (TPSA) is 37.4 Å². The molecule has 0 fully saturated rings. The van der Waals surface area contributed by atoms with Gasteiger partial charge in [0.25, 0.3) is 11.8 Å². The zero-order valence-electron chi connectivity index (χ0n) is 12.0. The van der Waals surface area contributed by atoms with E-state index in [2.05, 4.69) is 12.1 Å². The Labute approximate surface area is 124 Å². The van der Waals surface area contributed by atoms with Crippen molar-refractivity contribution in [3.8, 4) is 0 Å². The van der Waals surface area contributed by atoms with Gasteiger partial charge in [0.15, 0.2) is 0 Å². The van der Waals surface area contributed by atoms with Crippen LogP contribution in [-0.2, 0) is 6.42 Å². The molecule has 2 amide bonds. The second-order valence-electron chi connectivity index (χ2n) is 5.40. The fraction of sp³-hybridized carbons (Fsp3) is 0.222. The first-order chi connectivity index (χ1) is 10.2. The minimum atomic E-state index is -0.170. The monoisotopic (exact) mass is 279 g/mol. The van der Waals surface area contributed by atoms with Gasteiger partial charge in [-0.15, -0.1) is 0 Å². The second-order valence-corrected chi connectivity index (χ2v) is 5.40. The van der Waals surface area contributed by atoms with Crippen LogP contribution in [-0.4, -0.2) is 22.8 Å². The second kappa shape index (κ2) is 5.52. The fourth-order valence-electron chi connectivity index (χ4n) is 2.76. The van der Waals surface area contributed by atoms with Crippen LogP contribution in [0.25, 0.3) is 0 Å². The molecule has 1 aliphatic heterocycles. The highest BCUT2D eigenvalue weighted by atomic mass is 16.2. The summed E-state index contributed by atoms with van der Waals surface area (Å²) in [5.74, 6) is -0.340. The maximum Gasteiger partial charge on any atom is 0.261 e. The lowest BCUT2D eigenvalue weighted by molar-refractivity contribution is 0.0590. The van der Waals surface area contributed by atoms with E-state index in [0.717, 1.165) is 12.8 Å². The molecule has 2 aromatic carbocycles. The summed E-state index contributed by atoms with van der Waals surface area (Å²) in [7, 11) is 0. The van der Waals surface area contributed by atoms with Crippen LogP contribution in [0, 0.1) is 0 Å². The highest BCUT2D eigenvalue weighted by Crippen LogP contribution is 2.25. The Balaban J connectivity index is 1.73. The van der Waals surface area contributed by atoms with Crippen LogP contribution in [0.4, 0.5) is 0 Å². The zero-order chi connectivity index (χ0) is 14.8. The van der Waals surface area contributed by atoms with Crippen molar-refractivity contribution in [1.29, 1.82) is 0 Å². The Bertz CT molecular complexity index is 644. The van der Waals surface area contributed by atoms with Crippen molar-refractivity contribution in [3.63, 3.8) is 0 Å². The first-order valence-electron chi connectivity index (χ1n) is 7.19. The molecule has 0 spiro atoms. The van der Waals surface area contributed by atoms with Crippen LogP contribution >= 0.6 is 0 Å². The fourth-order valence-corrected chi connectivity index (χ4v) is 2.76. The molecule has 0 N–H and O–H groups in total. The van der Waals surface area contributed by atoms with Gasteiger partial charge in [-0.2, -0.15) is 0 Å². The maximum atomic E-state index is 12.4. The van der Waals surface area contributed by atoms with Gasteiger partial charge in [0, 0.05) is 6.04 Å². The molecule has 3 nitrogen and oxygen atoms in total. The SMILES string of the molecule is C[C@H](CCc1ccccc1)N1C(=O)c2ccccc2C1=O. The highest BCUT2D eigenvalue weighted by Gasteiger charge is 2.37. The third-order valence-electron chi connectivity index (χ3n) is 3.96. The van der Waals surface area contributed by atoms with Gasteiger partial charge in [-0.1, -0.05) is 42.5 Å². The quantitative estimate of drug-likeness (QED) is 0.805. The van der Waals surface area contributed by atoms with Gasteiger partial charge in [0.05, 0.1) is 11.1 Å². The van der Waals surface area contributed by atoms with Gasteiger partial charge in [-0.05, 0) is 37.5 Å². The van der Waals surface area contributed by atoms with Crippen LogP contribution in [0.15, 0.2) is 54.6 Å². The predicted octanol–water partition coefficient (Wildman–Crippen LogP) is 3.30. The van der Waals surface area contributed by atoms with Gasteiger partial charge in [0.2, 0.25) is 0 Å². The lowest BCUT2D eigenvalue weighted by atomic mass is 10.1. The van der Waals surface area contributed by atoms with Gasteiger partial charge < -0.3 is 0 Å². The summed E-state index contributed by atoms with van der Waals surface area (Å²) in [6.07, 6.45) is 1.63. The van der Waals surface area contributed by atoms with E-state index >= 15 is 0 Å². The third-order valence-corrected chi connectivity index (χ3v) is 3.96. The number of rotatable bonds is 4. The van der Waals surface area contributed by atoms with E-state index in [1.54, 1.807) is 24.3 Å². The van der Waals surface area contributed by atoms with Crippen molar-refractivity contribution < 1.29 is 9.59 Å². The Kier molecular flexibility index (Phi) is 3.57. The molecule has 21 heavy (non-hydrogen) atoms. The first kappa shape index (κ1) is 13.6. The molecular weight excluding hydrogens is 262 g/mol. The molecule has 0 saturated heterocycles. The molecule has 1 atom stereocenters. The number of nitrogens with zero attached hydrogens (tertiary/aromatic N) is 1. The average Bonchev–Trinajstić information content (AvgIpc) is 2.78. The summed E-state index contributed by atoms with van der Waals surface area (Å²) in [5.41, 5.74) is 2.27. The molecule has 0 saturated carbocycles. The number of benzene rings is 2.